The number of nitrogens with zero attached hydrogens (tertiary/aromatic N) is 2. The molecule has 1 aliphatic rings. The van der Waals surface area contributed by atoms with E-state index in [1.54, 1.807) is 0 Å². The van der Waals surface area contributed by atoms with Crippen molar-refractivity contribution in [2.24, 2.45) is 0 Å². The molecule has 8 heteroatoms. The summed E-state index contributed by atoms with van der Waals surface area (Å²) in [6.45, 7) is 0.360. The molecular weight excluding hydrogens is 260 g/mol. The maximum atomic E-state index is 11.3. The Morgan fingerprint density at radius 3 is 2.83 bits per heavy atom. The summed E-state index contributed by atoms with van der Waals surface area (Å²) in [4.78, 5) is 10.9. The van der Waals surface area contributed by atoms with Crippen LogP contribution in [-0.2, 0) is 25.9 Å². The van der Waals surface area contributed by atoms with E-state index >= 15 is 0 Å². The van der Waals surface area contributed by atoms with Gasteiger partial charge in [0, 0.05) is 12.5 Å². The molecule has 0 aromatic carbocycles. The Hall–Kier alpha value is -1.41. The Balaban J connectivity index is 1.99. The summed E-state index contributed by atoms with van der Waals surface area (Å²) in [6.07, 6.45) is 3.91. The minimum atomic E-state index is -3.26. The highest BCUT2D eigenvalue weighted by molar-refractivity contribution is 7.90. The van der Waals surface area contributed by atoms with Crippen LogP contribution in [-0.4, -0.2) is 47.7 Å². The summed E-state index contributed by atoms with van der Waals surface area (Å²) in [7, 11) is -3.26. The molecule has 1 saturated heterocycles. The molecule has 0 radical (unpaired) electrons. The topological polar surface area (TPSA) is 98.5 Å². The monoisotopic (exact) mass is 274 g/mol. The fraction of sp³-hybridized carbons (Fsp3) is 0.600. The van der Waals surface area contributed by atoms with Crippen LogP contribution in [0.5, 0.6) is 0 Å². The Labute approximate surface area is 104 Å². The van der Waals surface area contributed by atoms with Crippen molar-refractivity contribution in [3.05, 3.63) is 12.4 Å². The Morgan fingerprint density at radius 2 is 2.33 bits per heavy atom. The van der Waals surface area contributed by atoms with Crippen LogP contribution >= 0.6 is 0 Å². The fourth-order valence-electron chi connectivity index (χ4n) is 1.87. The van der Waals surface area contributed by atoms with E-state index in [2.05, 4.69) is 5.10 Å². The largest absolute Gasteiger partial charge is 0.479 e. The van der Waals surface area contributed by atoms with Gasteiger partial charge in [0.2, 0.25) is 0 Å². The van der Waals surface area contributed by atoms with Gasteiger partial charge in [-0.05, 0) is 12.8 Å². The normalized spacial score (nSPS) is 24.3. The first-order valence-electron chi connectivity index (χ1n) is 5.47. The van der Waals surface area contributed by atoms with Crippen LogP contribution in [0.2, 0.25) is 0 Å². The van der Waals surface area contributed by atoms with Crippen LogP contribution in [0.3, 0.4) is 0 Å². The van der Waals surface area contributed by atoms with Crippen LogP contribution in [0.25, 0.3) is 0 Å². The van der Waals surface area contributed by atoms with Crippen molar-refractivity contribution in [1.82, 2.24) is 9.78 Å². The number of ether oxygens (including phenoxy) is 1. The maximum Gasteiger partial charge on any atom is 0.332 e. The van der Waals surface area contributed by atoms with Gasteiger partial charge in [0.15, 0.2) is 15.9 Å². The first-order valence-corrected chi connectivity index (χ1v) is 7.36. The van der Waals surface area contributed by atoms with E-state index in [1.165, 1.54) is 17.1 Å². The zero-order chi connectivity index (χ0) is 13.3. The molecule has 1 aliphatic heterocycles. The highest BCUT2D eigenvalue weighted by Crippen LogP contribution is 2.21. The summed E-state index contributed by atoms with van der Waals surface area (Å²) in [5.41, 5.74) is 0. The first kappa shape index (κ1) is 13.0. The van der Waals surface area contributed by atoms with E-state index in [0.29, 0.717) is 19.4 Å². The third kappa shape index (κ3) is 2.88. The molecule has 0 saturated carbocycles. The maximum absolute atomic E-state index is 11.3. The van der Waals surface area contributed by atoms with Gasteiger partial charge in [-0.1, -0.05) is 0 Å². The Morgan fingerprint density at radius 1 is 1.61 bits per heavy atom. The average Bonchev–Trinajstić information content (AvgIpc) is 2.85. The van der Waals surface area contributed by atoms with Gasteiger partial charge in [-0.15, -0.1) is 0 Å². The second-order valence-corrected chi connectivity index (χ2v) is 6.35. The van der Waals surface area contributed by atoms with E-state index in [-0.39, 0.29) is 11.0 Å². The molecular formula is C10H14N2O5S. The predicted molar refractivity (Wildman–Crippen MR) is 60.9 cm³/mol. The molecule has 2 unspecified atom stereocenters. The SMILES string of the molecule is CS(=O)(=O)c1cnn(CC2CCC(C(=O)O)O2)c1. The van der Waals surface area contributed by atoms with Crippen LogP contribution in [0.1, 0.15) is 12.8 Å². The van der Waals surface area contributed by atoms with Crippen LogP contribution < -0.4 is 0 Å². The number of sulfone groups is 1. The van der Waals surface area contributed by atoms with E-state index in [1.807, 2.05) is 0 Å². The third-order valence-electron chi connectivity index (χ3n) is 2.81. The lowest BCUT2D eigenvalue weighted by Crippen LogP contribution is -2.23. The van der Waals surface area contributed by atoms with Crippen molar-refractivity contribution in [3.8, 4) is 0 Å². The second-order valence-electron chi connectivity index (χ2n) is 4.33. The van der Waals surface area contributed by atoms with E-state index in [9.17, 15) is 13.2 Å². The zero-order valence-electron chi connectivity index (χ0n) is 9.81. The number of carbonyl (C=O) groups is 1. The van der Waals surface area contributed by atoms with E-state index in [0.717, 1.165) is 6.26 Å². The minimum absolute atomic E-state index is 0.148. The molecule has 1 aromatic heterocycles. The molecule has 100 valence electrons. The molecule has 0 spiro atoms. The van der Waals surface area contributed by atoms with Gasteiger partial charge in [0.1, 0.15) is 4.90 Å². The number of carboxylic acids is 1. The fourth-order valence-corrected chi connectivity index (χ4v) is 2.42. The molecule has 0 amide bonds. The van der Waals surface area contributed by atoms with Crippen molar-refractivity contribution < 1.29 is 23.1 Å². The van der Waals surface area contributed by atoms with Crippen molar-refractivity contribution >= 4 is 15.8 Å². The van der Waals surface area contributed by atoms with Crippen molar-refractivity contribution in [2.45, 2.75) is 36.5 Å². The first-order chi connectivity index (χ1) is 8.36. The van der Waals surface area contributed by atoms with Gasteiger partial charge in [0.05, 0.1) is 18.8 Å². The van der Waals surface area contributed by atoms with Gasteiger partial charge >= 0.3 is 5.97 Å². The highest BCUT2D eigenvalue weighted by atomic mass is 32.2. The molecule has 1 fully saturated rings. The predicted octanol–water partition coefficient (Wildman–Crippen LogP) is -0.0812. The summed E-state index contributed by atoms with van der Waals surface area (Å²) >= 11 is 0. The second kappa shape index (κ2) is 4.69. The van der Waals surface area contributed by atoms with Crippen molar-refractivity contribution in [2.75, 3.05) is 6.26 Å². The lowest BCUT2D eigenvalue weighted by Gasteiger charge is -2.10. The van der Waals surface area contributed by atoms with Gasteiger partial charge in [-0.3, -0.25) is 4.68 Å². The molecule has 1 N–H and O–H groups in total. The molecule has 7 nitrogen and oxygen atoms in total. The zero-order valence-corrected chi connectivity index (χ0v) is 10.6. The van der Waals surface area contributed by atoms with E-state index < -0.39 is 21.9 Å². The van der Waals surface area contributed by atoms with E-state index in [4.69, 9.17) is 9.84 Å². The Bertz CT molecular complexity index is 550. The number of hydrogen-bond donors (Lipinski definition) is 1. The molecule has 0 aliphatic carbocycles. The molecule has 2 rings (SSSR count). The quantitative estimate of drug-likeness (QED) is 0.824. The summed E-state index contributed by atoms with van der Waals surface area (Å²) < 4.78 is 29.3. The summed E-state index contributed by atoms with van der Waals surface area (Å²) in [5, 5.41) is 12.7. The number of rotatable bonds is 4. The van der Waals surface area contributed by atoms with Crippen LogP contribution in [0.15, 0.2) is 17.3 Å². The number of aromatic nitrogens is 2. The standard InChI is InChI=1S/C10H14N2O5S/c1-18(15,16)8-4-11-12(6-8)5-7-2-3-9(17-7)10(13)14/h4,6-7,9H,2-3,5H2,1H3,(H,13,14). The third-order valence-corrected chi connectivity index (χ3v) is 3.88. The minimum Gasteiger partial charge on any atom is -0.479 e. The van der Waals surface area contributed by atoms with Crippen LogP contribution in [0, 0.1) is 0 Å². The number of carboxylic acid groups (broad SMARTS) is 1. The smallest absolute Gasteiger partial charge is 0.332 e. The molecule has 1 aromatic rings. The number of aliphatic carboxylic acids is 1. The van der Waals surface area contributed by atoms with Gasteiger partial charge < -0.3 is 9.84 Å². The van der Waals surface area contributed by atoms with Crippen LogP contribution in [0.4, 0.5) is 0 Å². The van der Waals surface area contributed by atoms with Gasteiger partial charge in [-0.2, -0.15) is 5.10 Å². The Kier molecular flexibility index (Phi) is 3.40. The van der Waals surface area contributed by atoms with Crippen molar-refractivity contribution in [3.63, 3.8) is 0 Å². The van der Waals surface area contributed by atoms with Gasteiger partial charge in [0.25, 0.3) is 0 Å². The molecule has 18 heavy (non-hydrogen) atoms. The lowest BCUT2D eigenvalue weighted by molar-refractivity contribution is -0.149. The number of hydrogen-bond acceptors (Lipinski definition) is 5. The highest BCUT2D eigenvalue weighted by Gasteiger charge is 2.30. The van der Waals surface area contributed by atoms with Gasteiger partial charge in [-0.25, -0.2) is 13.2 Å². The van der Waals surface area contributed by atoms with Crippen molar-refractivity contribution in [1.29, 1.82) is 0 Å². The summed E-state index contributed by atoms with van der Waals surface area (Å²) in [5.74, 6) is -0.963. The summed E-state index contributed by atoms with van der Waals surface area (Å²) in [6, 6.07) is 0. The molecule has 2 heterocycles. The lowest BCUT2D eigenvalue weighted by atomic mass is 10.2. The average molecular weight is 274 g/mol. The molecule has 0 bridgehead atoms. The molecule has 2 atom stereocenters.